The van der Waals surface area contributed by atoms with Crippen LogP contribution in [0.3, 0.4) is 0 Å². The van der Waals surface area contributed by atoms with Gasteiger partial charge in [0.2, 0.25) is 0 Å². The smallest absolute Gasteiger partial charge is 0.254 e. The minimum atomic E-state index is -0.105. The van der Waals surface area contributed by atoms with E-state index >= 15 is 0 Å². The lowest BCUT2D eigenvalue weighted by atomic mass is 9.99. The van der Waals surface area contributed by atoms with E-state index in [0.29, 0.717) is 43.3 Å². The molecule has 2 heterocycles. The van der Waals surface area contributed by atoms with Crippen LogP contribution < -0.4 is 20.4 Å². The number of aryl methyl sites for hydroxylation is 2. The molecule has 8 nitrogen and oxygen atoms in total. The maximum atomic E-state index is 13.7. The van der Waals surface area contributed by atoms with Crippen molar-refractivity contribution in [1.82, 2.24) is 10.2 Å². The van der Waals surface area contributed by atoms with Crippen molar-refractivity contribution in [3.8, 4) is 6.07 Å². The first-order valence-electron chi connectivity index (χ1n) is 14.4. The van der Waals surface area contributed by atoms with Crippen LogP contribution in [0.1, 0.15) is 50.2 Å². The number of amides is 2. The molecule has 2 N–H and O–H groups in total. The van der Waals surface area contributed by atoms with E-state index < -0.39 is 0 Å². The van der Waals surface area contributed by atoms with Gasteiger partial charge < -0.3 is 25.3 Å². The van der Waals surface area contributed by atoms with Gasteiger partial charge in [0, 0.05) is 69.3 Å². The summed E-state index contributed by atoms with van der Waals surface area (Å²) in [4.78, 5) is 32.4. The van der Waals surface area contributed by atoms with Crippen LogP contribution in [-0.2, 0) is 0 Å². The first-order chi connectivity index (χ1) is 19.9. The van der Waals surface area contributed by atoms with Gasteiger partial charge in [-0.1, -0.05) is 30.3 Å². The monoisotopic (exact) mass is 550 g/mol. The molecule has 0 bridgehead atoms. The molecule has 3 aromatic rings. The van der Waals surface area contributed by atoms with Crippen molar-refractivity contribution in [2.45, 2.75) is 32.7 Å². The fourth-order valence-electron chi connectivity index (χ4n) is 5.96. The summed E-state index contributed by atoms with van der Waals surface area (Å²) in [6.45, 7) is 8.38. The number of piperazine rings is 1. The first-order valence-corrected chi connectivity index (χ1v) is 14.4. The number of hydrogen-bond donors (Lipinski definition) is 2. The van der Waals surface area contributed by atoms with Crippen LogP contribution in [0.2, 0.25) is 0 Å². The zero-order valence-electron chi connectivity index (χ0n) is 24.1. The summed E-state index contributed by atoms with van der Waals surface area (Å²) in [5, 5.41) is 15.9. The van der Waals surface area contributed by atoms with Crippen molar-refractivity contribution in [3.63, 3.8) is 0 Å². The summed E-state index contributed by atoms with van der Waals surface area (Å²) in [5.74, 6) is -0.0558. The highest BCUT2D eigenvalue weighted by Crippen LogP contribution is 2.28. The predicted octanol–water partition coefficient (Wildman–Crippen LogP) is 4.58. The Kier molecular flexibility index (Phi) is 8.44. The molecular formula is C33H38N6O2. The molecular weight excluding hydrogens is 512 g/mol. The summed E-state index contributed by atoms with van der Waals surface area (Å²) in [6.07, 6.45) is 1.91. The molecule has 0 spiro atoms. The largest absolute Gasteiger partial charge is 0.382 e. The van der Waals surface area contributed by atoms with Gasteiger partial charge >= 0.3 is 0 Å². The number of anilines is 3. The molecule has 3 aromatic carbocycles. The number of rotatable bonds is 6. The third-order valence-corrected chi connectivity index (χ3v) is 8.30. The van der Waals surface area contributed by atoms with Crippen molar-refractivity contribution in [3.05, 3.63) is 88.5 Å². The second-order valence-electron chi connectivity index (χ2n) is 10.9. The normalized spacial score (nSPS) is 15.8. The Labute approximate surface area is 242 Å². The highest BCUT2D eigenvalue weighted by molar-refractivity contribution is 6.00. The predicted molar refractivity (Wildman–Crippen MR) is 164 cm³/mol. The number of piperidine rings is 1. The summed E-state index contributed by atoms with van der Waals surface area (Å²) < 4.78 is 0. The fraction of sp³-hybridized carbons (Fsp3) is 0.364. The summed E-state index contributed by atoms with van der Waals surface area (Å²) >= 11 is 0. The maximum absolute atomic E-state index is 13.7. The van der Waals surface area contributed by atoms with Gasteiger partial charge in [0.25, 0.3) is 11.8 Å². The van der Waals surface area contributed by atoms with Crippen LogP contribution in [0.25, 0.3) is 0 Å². The van der Waals surface area contributed by atoms with Crippen LogP contribution in [0.15, 0.2) is 60.7 Å². The maximum Gasteiger partial charge on any atom is 0.254 e. The van der Waals surface area contributed by atoms with Gasteiger partial charge in [-0.05, 0) is 68.1 Å². The van der Waals surface area contributed by atoms with Crippen molar-refractivity contribution < 1.29 is 9.59 Å². The Morgan fingerprint density at radius 2 is 1.44 bits per heavy atom. The number of nitrogens with one attached hydrogen (secondary N) is 2. The quantitative estimate of drug-likeness (QED) is 0.467. The zero-order valence-corrected chi connectivity index (χ0v) is 24.1. The molecule has 5 rings (SSSR count). The Hall–Kier alpha value is -4.51. The van der Waals surface area contributed by atoms with Crippen molar-refractivity contribution in [2.24, 2.45) is 0 Å². The molecule has 0 atom stereocenters. The van der Waals surface area contributed by atoms with Gasteiger partial charge in [0.15, 0.2) is 0 Å². The zero-order chi connectivity index (χ0) is 28.9. The third-order valence-electron chi connectivity index (χ3n) is 8.30. The molecule has 41 heavy (non-hydrogen) atoms. The molecule has 8 heteroatoms. The van der Waals surface area contributed by atoms with E-state index in [-0.39, 0.29) is 11.8 Å². The Bertz CT molecular complexity index is 1460. The molecule has 2 aliphatic heterocycles. The fourth-order valence-corrected chi connectivity index (χ4v) is 5.96. The van der Waals surface area contributed by atoms with Gasteiger partial charge in [0.05, 0.1) is 16.8 Å². The molecule has 0 radical (unpaired) electrons. The van der Waals surface area contributed by atoms with E-state index in [1.54, 1.807) is 7.05 Å². The van der Waals surface area contributed by atoms with Crippen LogP contribution in [0, 0.1) is 25.2 Å². The molecule has 0 aromatic heterocycles. The Morgan fingerprint density at radius 1 is 0.805 bits per heavy atom. The third kappa shape index (κ3) is 5.99. The number of carbonyl (C=O) groups is 2. The molecule has 2 amide bonds. The van der Waals surface area contributed by atoms with Crippen LogP contribution in [-0.4, -0.2) is 69.1 Å². The second kappa shape index (κ2) is 12.3. The topological polar surface area (TPSA) is 91.7 Å². The standard InChI is InChI=1S/C33H38N6O2/c1-23-20-24(2)29(36-26-12-14-37(15-13-26)30-10-6-4-8-25(30)22-34)21-28(23)33(41)39-18-16-38(17-19-39)31-11-7-5-9-27(31)32(40)35-3/h4-11,20-21,26,36H,12-19H2,1-3H3,(H,35,40). The molecule has 2 fully saturated rings. The van der Waals surface area contributed by atoms with E-state index in [2.05, 4.69) is 39.5 Å². The summed E-state index contributed by atoms with van der Waals surface area (Å²) in [6, 6.07) is 22.1. The lowest BCUT2D eigenvalue weighted by molar-refractivity contribution is 0.0745. The first kappa shape index (κ1) is 28.0. The number of carbonyl (C=O) groups excluding carboxylic acids is 2. The molecule has 212 valence electrons. The molecule has 0 unspecified atom stereocenters. The van der Waals surface area contributed by atoms with E-state index in [1.807, 2.05) is 66.4 Å². The van der Waals surface area contributed by atoms with Crippen molar-refractivity contribution in [1.29, 1.82) is 5.26 Å². The second-order valence-corrected chi connectivity index (χ2v) is 10.9. The summed E-state index contributed by atoms with van der Waals surface area (Å²) in [7, 11) is 1.64. The van der Waals surface area contributed by atoms with Crippen molar-refractivity contribution in [2.75, 3.05) is 61.4 Å². The SMILES string of the molecule is CNC(=O)c1ccccc1N1CCN(C(=O)c2cc(NC3CCN(c4ccccc4C#N)CC3)c(C)cc2C)CC1. The Balaban J connectivity index is 1.23. The molecule has 2 saturated heterocycles. The minimum Gasteiger partial charge on any atom is -0.382 e. The van der Waals surface area contributed by atoms with E-state index in [4.69, 9.17) is 0 Å². The molecule has 2 aliphatic rings. The van der Waals surface area contributed by atoms with Crippen LogP contribution in [0.5, 0.6) is 0 Å². The molecule has 0 aliphatic carbocycles. The highest BCUT2D eigenvalue weighted by atomic mass is 16.2. The lowest BCUT2D eigenvalue weighted by Gasteiger charge is -2.37. The van der Waals surface area contributed by atoms with Crippen molar-refractivity contribution >= 4 is 28.9 Å². The van der Waals surface area contributed by atoms with E-state index in [9.17, 15) is 14.9 Å². The van der Waals surface area contributed by atoms with E-state index in [0.717, 1.165) is 59.7 Å². The average Bonchev–Trinajstić information content (AvgIpc) is 3.02. The van der Waals surface area contributed by atoms with Gasteiger partial charge in [-0.3, -0.25) is 9.59 Å². The lowest BCUT2D eigenvalue weighted by Crippen LogP contribution is -2.49. The Morgan fingerprint density at radius 3 is 2.12 bits per heavy atom. The highest BCUT2D eigenvalue weighted by Gasteiger charge is 2.27. The van der Waals surface area contributed by atoms with Crippen LogP contribution in [0.4, 0.5) is 17.1 Å². The van der Waals surface area contributed by atoms with Gasteiger partial charge in [-0.2, -0.15) is 5.26 Å². The number of nitriles is 1. The number of hydrogen-bond acceptors (Lipinski definition) is 6. The summed E-state index contributed by atoms with van der Waals surface area (Å²) in [5.41, 5.74) is 7.13. The average molecular weight is 551 g/mol. The van der Waals surface area contributed by atoms with Crippen LogP contribution >= 0.6 is 0 Å². The van der Waals surface area contributed by atoms with Gasteiger partial charge in [-0.25, -0.2) is 0 Å². The van der Waals surface area contributed by atoms with Gasteiger partial charge in [0.1, 0.15) is 6.07 Å². The number of nitrogens with zero attached hydrogens (tertiary/aromatic N) is 4. The number of benzene rings is 3. The minimum absolute atomic E-state index is 0.0488. The van der Waals surface area contributed by atoms with E-state index in [1.165, 1.54) is 0 Å². The molecule has 0 saturated carbocycles. The number of para-hydroxylation sites is 2. The van der Waals surface area contributed by atoms with Gasteiger partial charge in [-0.15, -0.1) is 0 Å².